The Morgan fingerprint density at radius 1 is 0.828 bits per heavy atom. The topological polar surface area (TPSA) is 69.7 Å². The number of hydrogen-bond acceptors (Lipinski definition) is 5. The van der Waals surface area contributed by atoms with Gasteiger partial charge in [-0.1, -0.05) is 63.0 Å². The van der Waals surface area contributed by atoms with Gasteiger partial charge in [-0.2, -0.15) is 0 Å². The van der Waals surface area contributed by atoms with Gasteiger partial charge >= 0.3 is 11.9 Å². The summed E-state index contributed by atoms with van der Waals surface area (Å²) in [6, 6.07) is 14.2. The van der Waals surface area contributed by atoms with Crippen LogP contribution in [0.4, 0.5) is 0 Å². The van der Waals surface area contributed by atoms with Gasteiger partial charge in [-0.25, -0.2) is 0 Å². The predicted molar refractivity (Wildman–Crippen MR) is 117 cm³/mol. The van der Waals surface area contributed by atoms with Gasteiger partial charge in [0, 0.05) is 26.3 Å². The van der Waals surface area contributed by atoms with E-state index in [1.807, 2.05) is 19.1 Å². The monoisotopic (exact) mass is 524 g/mol. The summed E-state index contributed by atoms with van der Waals surface area (Å²) in [6.07, 6.45) is 0.431. The molecule has 2 aromatic rings. The van der Waals surface area contributed by atoms with Crippen LogP contribution in [0.15, 0.2) is 57.5 Å². The highest BCUT2D eigenvalue weighted by atomic mass is 79.9. The molecule has 29 heavy (non-hydrogen) atoms. The summed E-state index contributed by atoms with van der Waals surface area (Å²) in [7, 11) is 2.43. The van der Waals surface area contributed by atoms with Crippen LogP contribution in [0.3, 0.4) is 0 Å². The average molecular weight is 526 g/mol. The molecule has 154 valence electrons. The fourth-order valence-corrected chi connectivity index (χ4v) is 3.94. The van der Waals surface area contributed by atoms with Gasteiger partial charge in [0.1, 0.15) is 0 Å². The van der Waals surface area contributed by atoms with Crippen molar-refractivity contribution in [3.63, 3.8) is 0 Å². The summed E-state index contributed by atoms with van der Waals surface area (Å²) in [5.74, 6) is -4.22. The highest BCUT2D eigenvalue weighted by molar-refractivity contribution is 9.10. The van der Waals surface area contributed by atoms with Crippen LogP contribution in [-0.2, 0) is 19.1 Å². The summed E-state index contributed by atoms with van der Waals surface area (Å²) in [4.78, 5) is 38.5. The summed E-state index contributed by atoms with van der Waals surface area (Å²) < 4.78 is 11.5. The van der Waals surface area contributed by atoms with E-state index in [0.29, 0.717) is 17.5 Å². The van der Waals surface area contributed by atoms with Crippen molar-refractivity contribution in [3.8, 4) is 0 Å². The third kappa shape index (κ3) is 5.54. The molecule has 0 fully saturated rings. The Morgan fingerprint density at radius 3 is 1.69 bits per heavy atom. The van der Waals surface area contributed by atoms with Crippen LogP contribution in [0.2, 0.25) is 0 Å². The van der Waals surface area contributed by atoms with Crippen molar-refractivity contribution in [2.24, 2.45) is 11.8 Å². The maximum atomic E-state index is 13.4. The van der Waals surface area contributed by atoms with Gasteiger partial charge in [-0.05, 0) is 36.2 Å². The van der Waals surface area contributed by atoms with Crippen LogP contribution < -0.4 is 0 Å². The molecule has 0 radical (unpaired) electrons. The molecule has 0 heterocycles. The zero-order chi connectivity index (χ0) is 21.6. The van der Waals surface area contributed by atoms with Crippen LogP contribution in [0.25, 0.3) is 0 Å². The molecule has 0 N–H and O–H groups in total. The molecular formula is C22H22Br2O5. The largest absolute Gasteiger partial charge is 0.468 e. The van der Waals surface area contributed by atoms with Crippen molar-refractivity contribution in [1.29, 1.82) is 0 Å². The van der Waals surface area contributed by atoms with Crippen molar-refractivity contribution < 1.29 is 23.9 Å². The zero-order valence-corrected chi connectivity index (χ0v) is 19.5. The van der Waals surface area contributed by atoms with Crippen molar-refractivity contribution in [1.82, 2.24) is 0 Å². The second kappa shape index (κ2) is 10.7. The maximum Gasteiger partial charge on any atom is 0.320 e. The molecule has 2 atom stereocenters. The number of carbonyl (C=O) groups is 3. The van der Waals surface area contributed by atoms with E-state index >= 15 is 0 Å². The zero-order valence-electron chi connectivity index (χ0n) is 16.4. The van der Waals surface area contributed by atoms with Gasteiger partial charge in [0.05, 0.1) is 14.2 Å². The molecule has 0 amide bonds. The van der Waals surface area contributed by atoms with Crippen molar-refractivity contribution in [3.05, 3.63) is 68.6 Å². The summed E-state index contributed by atoms with van der Waals surface area (Å²) >= 11 is 6.75. The van der Waals surface area contributed by atoms with Gasteiger partial charge in [-0.3, -0.25) is 14.4 Å². The van der Waals surface area contributed by atoms with Crippen molar-refractivity contribution in [2.45, 2.75) is 19.3 Å². The quantitative estimate of drug-likeness (QED) is 0.270. The normalized spacial score (nSPS) is 12.9. The third-order valence-electron chi connectivity index (χ3n) is 4.86. The molecule has 0 saturated heterocycles. The lowest BCUT2D eigenvalue weighted by atomic mass is 9.72. The number of methoxy groups -OCH3 is 2. The molecule has 0 saturated carbocycles. The second-order valence-electron chi connectivity index (χ2n) is 6.49. The Bertz CT molecular complexity index is 846. The smallest absolute Gasteiger partial charge is 0.320 e. The number of ether oxygens (including phenoxy) is 2. The number of carbonyl (C=O) groups excluding carboxylic acids is 3. The Balaban J connectivity index is 2.60. The van der Waals surface area contributed by atoms with E-state index in [4.69, 9.17) is 9.47 Å². The molecule has 0 aliphatic rings. The summed E-state index contributed by atoms with van der Waals surface area (Å²) in [6.45, 7) is 1.86. The lowest BCUT2D eigenvalue weighted by Crippen LogP contribution is -2.38. The van der Waals surface area contributed by atoms with Crippen molar-refractivity contribution >= 4 is 49.6 Å². The minimum absolute atomic E-state index is 0.147. The molecule has 2 rings (SSSR count). The van der Waals surface area contributed by atoms with E-state index in [1.165, 1.54) is 14.2 Å². The molecule has 0 aliphatic carbocycles. The number of rotatable bonds is 8. The van der Waals surface area contributed by atoms with Crippen LogP contribution >= 0.6 is 31.9 Å². The van der Waals surface area contributed by atoms with Crippen LogP contribution in [0.1, 0.15) is 35.2 Å². The fraction of sp³-hybridized carbons (Fsp3) is 0.318. The number of halogens is 2. The van der Waals surface area contributed by atoms with E-state index in [9.17, 15) is 14.4 Å². The van der Waals surface area contributed by atoms with Gasteiger partial charge in [0.25, 0.3) is 0 Å². The summed E-state index contributed by atoms with van der Waals surface area (Å²) in [5.41, 5.74) is 1.20. The van der Waals surface area contributed by atoms with Gasteiger partial charge < -0.3 is 9.47 Å². The first-order valence-corrected chi connectivity index (χ1v) is 10.6. The Hall–Kier alpha value is -1.99. The number of benzene rings is 2. The number of Topliss-reactive ketones (excluding diaryl/α,β-unsaturated/α-hetero) is 1. The van der Waals surface area contributed by atoms with E-state index in [-0.39, 0.29) is 5.78 Å². The minimum atomic E-state index is -1.25. The molecule has 5 nitrogen and oxygen atoms in total. The molecule has 7 heteroatoms. The van der Waals surface area contributed by atoms with Crippen LogP contribution in [0.5, 0.6) is 0 Å². The SMILES string of the molecule is CC[C@@H](C(=O)c1ccc(Br)cc1)[C@@H](c1ccc(Br)cc1)C(C(=O)OC)C(=O)OC. The number of ketones is 1. The average Bonchev–Trinajstić information content (AvgIpc) is 2.73. The number of esters is 2. The van der Waals surface area contributed by atoms with Crippen molar-refractivity contribution in [2.75, 3.05) is 14.2 Å². The van der Waals surface area contributed by atoms with Gasteiger partial charge in [-0.15, -0.1) is 0 Å². The van der Waals surface area contributed by atoms with E-state index < -0.39 is 29.7 Å². The highest BCUT2D eigenvalue weighted by Gasteiger charge is 2.44. The lowest BCUT2D eigenvalue weighted by Gasteiger charge is -2.30. The van der Waals surface area contributed by atoms with E-state index in [0.717, 1.165) is 8.95 Å². The van der Waals surface area contributed by atoms with Crippen LogP contribution in [-0.4, -0.2) is 31.9 Å². The molecule has 0 bridgehead atoms. The standard InChI is InChI=1S/C22H22Br2O5/c1-4-17(20(25)14-7-11-16(24)12-8-14)18(13-5-9-15(23)10-6-13)19(21(26)28-2)22(27)29-3/h5-12,17-19H,4H2,1-3H3/t17-,18-/m1/s1. The maximum absolute atomic E-state index is 13.4. The Morgan fingerprint density at radius 2 is 1.28 bits per heavy atom. The fourth-order valence-electron chi connectivity index (χ4n) is 3.42. The van der Waals surface area contributed by atoms with Gasteiger partial charge in [0.15, 0.2) is 11.7 Å². The second-order valence-corrected chi connectivity index (χ2v) is 8.32. The first kappa shape index (κ1) is 23.3. The lowest BCUT2D eigenvalue weighted by molar-refractivity contribution is -0.160. The predicted octanol–water partition coefficient (Wildman–Crippen LogP) is 5.17. The molecule has 0 spiro atoms. The van der Waals surface area contributed by atoms with Gasteiger partial charge in [0.2, 0.25) is 0 Å². The Labute approximate surface area is 187 Å². The molecule has 0 aliphatic heterocycles. The minimum Gasteiger partial charge on any atom is -0.468 e. The first-order chi connectivity index (χ1) is 13.8. The molecule has 0 unspecified atom stereocenters. The Kier molecular flexibility index (Phi) is 8.59. The molecule has 2 aromatic carbocycles. The number of hydrogen-bond donors (Lipinski definition) is 0. The highest BCUT2D eigenvalue weighted by Crippen LogP contribution is 2.38. The third-order valence-corrected chi connectivity index (χ3v) is 5.92. The van der Waals surface area contributed by atoms with E-state index in [2.05, 4.69) is 31.9 Å². The first-order valence-electron chi connectivity index (χ1n) is 9.04. The summed E-state index contributed by atoms with van der Waals surface area (Å²) in [5, 5.41) is 0. The molecular weight excluding hydrogens is 504 g/mol. The molecule has 0 aromatic heterocycles. The van der Waals surface area contributed by atoms with E-state index in [1.54, 1.807) is 36.4 Å². The van der Waals surface area contributed by atoms with Crippen LogP contribution in [0, 0.1) is 11.8 Å².